The standard InChI is InChI=1S/C12H21N3/c1-9(2)7-8-15(4)12-11(13)6-5-10(3)14-12/h5-6,9H,7-8,13H2,1-4H3. The first-order chi connectivity index (χ1) is 7.00. The number of rotatable bonds is 4. The summed E-state index contributed by atoms with van der Waals surface area (Å²) in [5.74, 6) is 1.61. The van der Waals surface area contributed by atoms with Crippen LogP contribution in [0.4, 0.5) is 11.5 Å². The Bertz CT molecular complexity index is 321. The molecule has 0 fully saturated rings. The first-order valence-corrected chi connectivity index (χ1v) is 5.45. The fourth-order valence-electron chi connectivity index (χ4n) is 1.42. The number of nitrogens with zero attached hydrogens (tertiary/aromatic N) is 2. The zero-order chi connectivity index (χ0) is 11.4. The van der Waals surface area contributed by atoms with Gasteiger partial charge in [0.2, 0.25) is 0 Å². The van der Waals surface area contributed by atoms with Gasteiger partial charge in [0.05, 0.1) is 5.69 Å². The van der Waals surface area contributed by atoms with Crippen molar-refractivity contribution in [3.63, 3.8) is 0 Å². The van der Waals surface area contributed by atoms with E-state index in [1.54, 1.807) is 0 Å². The van der Waals surface area contributed by atoms with Crippen molar-refractivity contribution < 1.29 is 0 Å². The lowest BCUT2D eigenvalue weighted by atomic mass is 10.1. The highest BCUT2D eigenvalue weighted by atomic mass is 15.2. The summed E-state index contributed by atoms with van der Waals surface area (Å²) in [6, 6.07) is 3.86. The summed E-state index contributed by atoms with van der Waals surface area (Å²) in [5.41, 5.74) is 7.66. The summed E-state index contributed by atoms with van der Waals surface area (Å²) in [4.78, 5) is 6.58. The molecule has 0 saturated heterocycles. The van der Waals surface area contributed by atoms with Crippen molar-refractivity contribution in [2.24, 2.45) is 5.92 Å². The Balaban J connectivity index is 2.72. The number of anilines is 2. The molecular weight excluding hydrogens is 186 g/mol. The van der Waals surface area contributed by atoms with Gasteiger partial charge in [0.1, 0.15) is 0 Å². The van der Waals surface area contributed by atoms with Crippen molar-refractivity contribution in [2.45, 2.75) is 27.2 Å². The van der Waals surface area contributed by atoms with E-state index in [0.29, 0.717) is 5.92 Å². The number of aromatic nitrogens is 1. The topological polar surface area (TPSA) is 42.1 Å². The third-order valence-corrected chi connectivity index (χ3v) is 2.45. The zero-order valence-electron chi connectivity index (χ0n) is 10.1. The largest absolute Gasteiger partial charge is 0.396 e. The van der Waals surface area contributed by atoms with Gasteiger partial charge in [-0.15, -0.1) is 0 Å². The Labute approximate surface area is 92.3 Å². The molecule has 84 valence electrons. The molecule has 0 radical (unpaired) electrons. The number of hydrogen-bond donors (Lipinski definition) is 1. The molecule has 0 saturated carbocycles. The Morgan fingerprint density at radius 2 is 2.07 bits per heavy atom. The van der Waals surface area contributed by atoms with E-state index in [0.717, 1.165) is 30.2 Å². The van der Waals surface area contributed by atoms with Crippen LogP contribution in [0.2, 0.25) is 0 Å². The molecule has 3 heteroatoms. The maximum Gasteiger partial charge on any atom is 0.151 e. The normalized spacial score (nSPS) is 10.7. The third kappa shape index (κ3) is 3.42. The molecule has 0 aliphatic heterocycles. The Morgan fingerprint density at radius 3 is 2.67 bits per heavy atom. The van der Waals surface area contributed by atoms with Gasteiger partial charge in [-0.3, -0.25) is 0 Å². The Hall–Kier alpha value is -1.25. The summed E-state index contributed by atoms with van der Waals surface area (Å²) in [6.45, 7) is 7.43. The fraction of sp³-hybridized carbons (Fsp3) is 0.583. The first kappa shape index (κ1) is 11.8. The second-order valence-corrected chi connectivity index (χ2v) is 4.47. The quantitative estimate of drug-likeness (QED) is 0.824. The van der Waals surface area contributed by atoms with Gasteiger partial charge < -0.3 is 10.6 Å². The molecule has 0 aromatic carbocycles. The van der Waals surface area contributed by atoms with E-state index in [1.165, 1.54) is 0 Å². The van der Waals surface area contributed by atoms with E-state index in [4.69, 9.17) is 5.73 Å². The van der Waals surface area contributed by atoms with Crippen LogP contribution in [-0.2, 0) is 0 Å². The second-order valence-electron chi connectivity index (χ2n) is 4.47. The molecule has 0 unspecified atom stereocenters. The van der Waals surface area contributed by atoms with Crippen LogP contribution in [0, 0.1) is 12.8 Å². The van der Waals surface area contributed by atoms with Crippen molar-refractivity contribution in [1.82, 2.24) is 4.98 Å². The second kappa shape index (κ2) is 5.01. The van der Waals surface area contributed by atoms with Gasteiger partial charge >= 0.3 is 0 Å². The van der Waals surface area contributed by atoms with Crippen molar-refractivity contribution >= 4 is 11.5 Å². The maximum absolute atomic E-state index is 5.89. The van der Waals surface area contributed by atoms with Crippen LogP contribution >= 0.6 is 0 Å². The van der Waals surface area contributed by atoms with E-state index in [9.17, 15) is 0 Å². The molecule has 0 aliphatic rings. The van der Waals surface area contributed by atoms with Gasteiger partial charge in [-0.25, -0.2) is 4.98 Å². The van der Waals surface area contributed by atoms with Crippen LogP contribution in [-0.4, -0.2) is 18.6 Å². The monoisotopic (exact) mass is 207 g/mol. The Morgan fingerprint density at radius 1 is 1.40 bits per heavy atom. The van der Waals surface area contributed by atoms with E-state index in [1.807, 2.05) is 26.1 Å². The van der Waals surface area contributed by atoms with Crippen LogP contribution in [0.25, 0.3) is 0 Å². The fourth-order valence-corrected chi connectivity index (χ4v) is 1.42. The summed E-state index contributed by atoms with van der Waals surface area (Å²) >= 11 is 0. The molecule has 0 atom stereocenters. The Kier molecular flexibility index (Phi) is 3.95. The molecule has 0 spiro atoms. The first-order valence-electron chi connectivity index (χ1n) is 5.45. The molecule has 15 heavy (non-hydrogen) atoms. The van der Waals surface area contributed by atoms with Gasteiger partial charge in [-0.1, -0.05) is 13.8 Å². The highest BCUT2D eigenvalue weighted by Gasteiger charge is 2.07. The van der Waals surface area contributed by atoms with Crippen molar-refractivity contribution in [3.05, 3.63) is 17.8 Å². The lowest BCUT2D eigenvalue weighted by molar-refractivity contribution is 0.584. The molecule has 1 heterocycles. The lowest BCUT2D eigenvalue weighted by Gasteiger charge is -2.21. The molecule has 0 amide bonds. The van der Waals surface area contributed by atoms with Crippen LogP contribution in [0.5, 0.6) is 0 Å². The van der Waals surface area contributed by atoms with Crippen LogP contribution < -0.4 is 10.6 Å². The molecule has 0 bridgehead atoms. The number of nitrogens with two attached hydrogens (primary N) is 1. The number of hydrogen-bond acceptors (Lipinski definition) is 3. The molecule has 2 N–H and O–H groups in total. The molecule has 1 aromatic heterocycles. The molecule has 1 aromatic rings. The van der Waals surface area contributed by atoms with Crippen molar-refractivity contribution in [1.29, 1.82) is 0 Å². The minimum atomic E-state index is 0.707. The predicted octanol–water partition coefficient (Wildman–Crippen LogP) is 2.45. The molecule has 3 nitrogen and oxygen atoms in total. The van der Waals surface area contributed by atoms with Crippen molar-refractivity contribution in [2.75, 3.05) is 24.2 Å². The molecule has 0 aliphatic carbocycles. The van der Waals surface area contributed by atoms with Gasteiger partial charge in [-0.05, 0) is 31.4 Å². The minimum absolute atomic E-state index is 0.707. The van der Waals surface area contributed by atoms with Gasteiger partial charge in [0.25, 0.3) is 0 Å². The number of nitrogen functional groups attached to an aromatic ring is 1. The van der Waals surface area contributed by atoms with Crippen LogP contribution in [0.15, 0.2) is 12.1 Å². The highest BCUT2D eigenvalue weighted by Crippen LogP contribution is 2.19. The number of pyridine rings is 1. The van der Waals surface area contributed by atoms with Crippen LogP contribution in [0.3, 0.4) is 0 Å². The van der Waals surface area contributed by atoms with E-state index < -0.39 is 0 Å². The maximum atomic E-state index is 5.89. The zero-order valence-corrected chi connectivity index (χ0v) is 10.1. The molecule has 1 rings (SSSR count). The van der Waals surface area contributed by atoms with E-state index in [2.05, 4.69) is 23.7 Å². The summed E-state index contributed by atoms with van der Waals surface area (Å²) in [7, 11) is 2.04. The molecular formula is C12H21N3. The average molecular weight is 207 g/mol. The third-order valence-electron chi connectivity index (χ3n) is 2.45. The number of aryl methyl sites for hydroxylation is 1. The smallest absolute Gasteiger partial charge is 0.151 e. The van der Waals surface area contributed by atoms with E-state index in [-0.39, 0.29) is 0 Å². The van der Waals surface area contributed by atoms with Gasteiger partial charge in [-0.2, -0.15) is 0 Å². The summed E-state index contributed by atoms with van der Waals surface area (Å²) in [6.07, 6.45) is 1.16. The van der Waals surface area contributed by atoms with Gasteiger partial charge in [0.15, 0.2) is 5.82 Å². The highest BCUT2D eigenvalue weighted by molar-refractivity contribution is 5.62. The van der Waals surface area contributed by atoms with Crippen molar-refractivity contribution in [3.8, 4) is 0 Å². The van der Waals surface area contributed by atoms with Crippen LogP contribution in [0.1, 0.15) is 26.0 Å². The summed E-state index contributed by atoms with van der Waals surface area (Å²) < 4.78 is 0. The lowest BCUT2D eigenvalue weighted by Crippen LogP contribution is -2.22. The minimum Gasteiger partial charge on any atom is -0.396 e. The predicted molar refractivity (Wildman–Crippen MR) is 66.1 cm³/mol. The van der Waals surface area contributed by atoms with Gasteiger partial charge in [0, 0.05) is 19.3 Å². The summed E-state index contributed by atoms with van der Waals surface area (Å²) in [5, 5.41) is 0. The average Bonchev–Trinajstić information content (AvgIpc) is 2.18. The SMILES string of the molecule is Cc1ccc(N)c(N(C)CCC(C)C)n1. The van der Waals surface area contributed by atoms with E-state index >= 15 is 0 Å².